The van der Waals surface area contributed by atoms with Crippen LogP contribution in [-0.4, -0.2) is 0 Å². The van der Waals surface area contributed by atoms with Crippen molar-refractivity contribution < 1.29 is 0 Å². The zero-order chi connectivity index (χ0) is 6.55. The number of rotatable bonds is 0. The zero-order valence-electron chi connectivity index (χ0n) is 6.34. The first kappa shape index (κ1) is 5.40. The zero-order valence-corrected chi connectivity index (χ0v) is 6.34. The minimum absolute atomic E-state index is 1.10. The van der Waals surface area contributed by atoms with E-state index in [0.29, 0.717) is 0 Å². The summed E-state index contributed by atoms with van der Waals surface area (Å²) in [5, 5.41) is 0. The van der Waals surface area contributed by atoms with E-state index in [4.69, 9.17) is 0 Å². The maximum atomic E-state index is 2.52. The second-order valence-electron chi connectivity index (χ2n) is 4.27. The second kappa shape index (κ2) is 1.66. The van der Waals surface area contributed by atoms with Crippen LogP contribution in [0.25, 0.3) is 0 Å². The van der Waals surface area contributed by atoms with Crippen LogP contribution in [-0.2, 0) is 0 Å². The van der Waals surface area contributed by atoms with Gasteiger partial charge in [0, 0.05) is 0 Å². The van der Waals surface area contributed by atoms with Gasteiger partial charge >= 0.3 is 0 Å². The fourth-order valence-electron chi connectivity index (χ4n) is 3.12. The average molecular weight is 134 g/mol. The van der Waals surface area contributed by atoms with Gasteiger partial charge in [-0.3, -0.25) is 0 Å². The van der Waals surface area contributed by atoms with Crippen molar-refractivity contribution in [2.24, 2.45) is 17.8 Å². The van der Waals surface area contributed by atoms with Gasteiger partial charge < -0.3 is 0 Å². The molecule has 3 unspecified atom stereocenters. The van der Waals surface area contributed by atoms with Crippen molar-refractivity contribution in [1.82, 2.24) is 0 Å². The van der Waals surface area contributed by atoms with E-state index in [1.807, 2.05) is 0 Å². The Morgan fingerprint density at radius 1 is 1.10 bits per heavy atom. The third-order valence-electron chi connectivity index (χ3n) is 3.84. The summed E-state index contributed by atoms with van der Waals surface area (Å²) in [6.45, 7) is 0. The van der Waals surface area contributed by atoms with E-state index in [1.165, 1.54) is 19.3 Å². The minimum atomic E-state index is 1.10. The molecule has 0 amide bonds. The SMILES string of the molecule is C1=C2CC(C1)C1CCC1C2. The Labute approximate surface area is 62.3 Å². The van der Waals surface area contributed by atoms with Gasteiger partial charge in [0.1, 0.15) is 0 Å². The monoisotopic (exact) mass is 134 g/mol. The lowest BCUT2D eigenvalue weighted by Crippen LogP contribution is -2.34. The van der Waals surface area contributed by atoms with Crippen LogP contribution in [0.1, 0.15) is 32.1 Å². The molecular weight excluding hydrogens is 120 g/mol. The third kappa shape index (κ3) is 0.531. The van der Waals surface area contributed by atoms with Gasteiger partial charge in [0.05, 0.1) is 0 Å². The van der Waals surface area contributed by atoms with Gasteiger partial charge in [0.2, 0.25) is 0 Å². The largest absolute Gasteiger partial charge is 0.0850 e. The van der Waals surface area contributed by atoms with E-state index in [9.17, 15) is 0 Å². The highest BCUT2D eigenvalue weighted by Gasteiger charge is 2.42. The number of hydrogen-bond acceptors (Lipinski definition) is 0. The molecule has 2 fully saturated rings. The predicted molar refractivity (Wildman–Crippen MR) is 41.6 cm³/mol. The maximum Gasteiger partial charge on any atom is -0.0286 e. The lowest BCUT2D eigenvalue weighted by atomic mass is 9.61. The number of allylic oxidation sites excluding steroid dienone is 2. The van der Waals surface area contributed by atoms with Gasteiger partial charge in [-0.1, -0.05) is 11.6 Å². The molecule has 3 atom stereocenters. The molecular formula is C10H14. The normalized spacial score (nSPS) is 49.6. The Morgan fingerprint density at radius 3 is 2.80 bits per heavy atom. The standard InChI is InChI=1S/C10H14/c1-2-8-5-7(1)6-9-3-4-10(8)9/h1,8-10H,2-6H2. The summed E-state index contributed by atoms with van der Waals surface area (Å²) in [6.07, 6.45) is 9.98. The maximum absolute atomic E-state index is 2.52. The first-order valence-corrected chi connectivity index (χ1v) is 4.61. The topological polar surface area (TPSA) is 0 Å². The number of fused-ring (bicyclic) bond motifs is 4. The fourth-order valence-corrected chi connectivity index (χ4v) is 3.12. The van der Waals surface area contributed by atoms with E-state index in [1.54, 1.807) is 18.4 Å². The van der Waals surface area contributed by atoms with Gasteiger partial charge in [-0.15, -0.1) is 0 Å². The van der Waals surface area contributed by atoms with Crippen LogP contribution in [0, 0.1) is 17.8 Å². The molecule has 0 saturated heterocycles. The van der Waals surface area contributed by atoms with Gasteiger partial charge in [0.25, 0.3) is 0 Å². The molecule has 0 N–H and O–H groups in total. The second-order valence-corrected chi connectivity index (χ2v) is 4.27. The molecule has 0 radical (unpaired) electrons. The van der Waals surface area contributed by atoms with Crippen LogP contribution in [0.3, 0.4) is 0 Å². The molecule has 3 rings (SSSR count). The highest BCUT2D eigenvalue weighted by Crippen LogP contribution is 2.53. The molecule has 0 heteroatoms. The molecule has 54 valence electrons. The molecule has 0 aromatic heterocycles. The Balaban J connectivity index is 1.91. The van der Waals surface area contributed by atoms with Crippen molar-refractivity contribution in [3.05, 3.63) is 11.6 Å². The summed E-state index contributed by atoms with van der Waals surface area (Å²) >= 11 is 0. The van der Waals surface area contributed by atoms with Crippen molar-refractivity contribution in [1.29, 1.82) is 0 Å². The van der Waals surface area contributed by atoms with Crippen LogP contribution in [0.4, 0.5) is 0 Å². The molecule has 3 aliphatic carbocycles. The van der Waals surface area contributed by atoms with Crippen molar-refractivity contribution in [3.63, 3.8) is 0 Å². The van der Waals surface area contributed by atoms with E-state index >= 15 is 0 Å². The van der Waals surface area contributed by atoms with E-state index in [0.717, 1.165) is 17.8 Å². The summed E-state index contributed by atoms with van der Waals surface area (Å²) in [7, 11) is 0. The van der Waals surface area contributed by atoms with E-state index in [-0.39, 0.29) is 0 Å². The summed E-state index contributed by atoms with van der Waals surface area (Å²) in [4.78, 5) is 0. The van der Waals surface area contributed by atoms with Crippen LogP contribution in [0.15, 0.2) is 11.6 Å². The van der Waals surface area contributed by atoms with E-state index in [2.05, 4.69) is 6.08 Å². The average Bonchev–Trinajstić information content (AvgIpc) is 2.25. The number of hydrogen-bond donors (Lipinski definition) is 0. The molecule has 0 aliphatic heterocycles. The molecule has 10 heavy (non-hydrogen) atoms. The van der Waals surface area contributed by atoms with Crippen LogP contribution in [0.2, 0.25) is 0 Å². The summed E-state index contributed by atoms with van der Waals surface area (Å²) in [5.41, 5.74) is 1.80. The Bertz CT molecular complexity index is 190. The molecule has 2 saturated carbocycles. The van der Waals surface area contributed by atoms with Crippen molar-refractivity contribution in [2.75, 3.05) is 0 Å². The predicted octanol–water partition coefficient (Wildman–Crippen LogP) is 2.75. The summed E-state index contributed by atoms with van der Waals surface area (Å²) in [5.74, 6) is 3.39. The lowest BCUT2D eigenvalue weighted by molar-refractivity contribution is 0.0892. The van der Waals surface area contributed by atoms with Crippen LogP contribution in [0.5, 0.6) is 0 Å². The minimum Gasteiger partial charge on any atom is -0.0850 e. The van der Waals surface area contributed by atoms with Gasteiger partial charge in [0.15, 0.2) is 0 Å². The van der Waals surface area contributed by atoms with Gasteiger partial charge in [-0.25, -0.2) is 0 Å². The molecule has 0 nitrogen and oxygen atoms in total. The first-order chi connectivity index (χ1) is 4.93. The highest BCUT2D eigenvalue weighted by atomic mass is 14.5. The molecule has 2 bridgehead atoms. The smallest absolute Gasteiger partial charge is 0.0286 e. The van der Waals surface area contributed by atoms with Crippen LogP contribution >= 0.6 is 0 Å². The molecule has 0 heterocycles. The van der Waals surface area contributed by atoms with Crippen molar-refractivity contribution in [2.45, 2.75) is 32.1 Å². The molecule has 0 spiro atoms. The van der Waals surface area contributed by atoms with E-state index < -0.39 is 0 Å². The quantitative estimate of drug-likeness (QED) is 0.447. The summed E-state index contributed by atoms with van der Waals surface area (Å²) < 4.78 is 0. The first-order valence-electron chi connectivity index (χ1n) is 4.61. The Hall–Kier alpha value is -0.260. The van der Waals surface area contributed by atoms with Gasteiger partial charge in [-0.05, 0) is 49.9 Å². The fraction of sp³-hybridized carbons (Fsp3) is 0.800. The van der Waals surface area contributed by atoms with Crippen LogP contribution < -0.4 is 0 Å². The van der Waals surface area contributed by atoms with Crippen molar-refractivity contribution in [3.8, 4) is 0 Å². The molecule has 0 aromatic rings. The third-order valence-corrected chi connectivity index (χ3v) is 3.84. The molecule has 0 aromatic carbocycles. The highest BCUT2D eigenvalue weighted by molar-refractivity contribution is 5.18. The summed E-state index contributed by atoms with van der Waals surface area (Å²) in [6, 6.07) is 0. The van der Waals surface area contributed by atoms with Gasteiger partial charge in [-0.2, -0.15) is 0 Å². The van der Waals surface area contributed by atoms with Crippen molar-refractivity contribution >= 4 is 0 Å². The Morgan fingerprint density at radius 2 is 2.00 bits per heavy atom. The lowest BCUT2D eigenvalue weighted by Gasteiger charge is -2.44. The molecule has 3 aliphatic rings. The Kier molecular flexibility index (Phi) is 0.898.